The van der Waals surface area contributed by atoms with Gasteiger partial charge in [-0.15, -0.1) is 0 Å². The number of alkyl halides is 3. The van der Waals surface area contributed by atoms with Gasteiger partial charge in [0, 0.05) is 37.4 Å². The molecule has 0 unspecified atom stereocenters. The van der Waals surface area contributed by atoms with Crippen LogP contribution in [0.5, 0.6) is 11.5 Å². The summed E-state index contributed by atoms with van der Waals surface area (Å²) in [5.74, 6) is 0.968. The monoisotopic (exact) mass is 465 g/mol. The first-order chi connectivity index (χ1) is 15.7. The molecule has 6 nitrogen and oxygen atoms in total. The lowest BCUT2D eigenvalue weighted by Crippen LogP contribution is -2.56. The number of carbonyl (C=O) groups excluding carboxylic acids is 1. The molecule has 1 fully saturated rings. The summed E-state index contributed by atoms with van der Waals surface area (Å²) in [5.41, 5.74) is -0.00629. The highest BCUT2D eigenvalue weighted by Crippen LogP contribution is 2.40. The number of carbonyl (C=O) groups is 1. The van der Waals surface area contributed by atoms with Crippen molar-refractivity contribution >= 4 is 5.91 Å². The van der Waals surface area contributed by atoms with Crippen molar-refractivity contribution in [1.82, 2.24) is 14.8 Å². The van der Waals surface area contributed by atoms with Gasteiger partial charge >= 0.3 is 6.18 Å². The number of aromatic nitrogens is 1. The fraction of sp³-hybridized carbons (Fsp3) is 0.542. The molecule has 33 heavy (non-hydrogen) atoms. The Morgan fingerprint density at radius 2 is 1.88 bits per heavy atom. The molecule has 1 N–H and O–H groups in total. The van der Waals surface area contributed by atoms with Crippen molar-refractivity contribution in [3.63, 3.8) is 0 Å². The quantitative estimate of drug-likeness (QED) is 0.710. The number of hydrogen-bond donors (Lipinski definition) is 1. The lowest BCUT2D eigenvalue weighted by Gasteiger charge is -2.45. The molecule has 1 saturated heterocycles. The average Bonchev–Trinajstić information content (AvgIpc) is 3.26. The van der Waals surface area contributed by atoms with Crippen LogP contribution in [0.3, 0.4) is 0 Å². The van der Waals surface area contributed by atoms with E-state index >= 15 is 0 Å². The number of benzene rings is 1. The van der Waals surface area contributed by atoms with Gasteiger partial charge in [0.1, 0.15) is 5.69 Å². The summed E-state index contributed by atoms with van der Waals surface area (Å²) in [5, 5.41) is 3.44. The maximum atomic E-state index is 13.4. The van der Waals surface area contributed by atoms with E-state index in [2.05, 4.69) is 5.32 Å². The molecule has 1 spiro atoms. The van der Waals surface area contributed by atoms with E-state index in [0.29, 0.717) is 55.2 Å². The largest absolute Gasteiger partial charge is 0.493 e. The van der Waals surface area contributed by atoms with E-state index in [4.69, 9.17) is 9.47 Å². The Kier molecular flexibility index (Phi) is 6.35. The standard InChI is InChI=1S/C24H30F3N3O3/c1-4-16(2)33-18-6-5-17(15-19(18)32-3)22(31)29-12-9-23(10-13-29)20-7-8-21(24(25,26)27)30(20)14-11-28-23/h5-8,15-16,28H,4,9-14H2,1-3H3/t16-/m0/s1. The highest BCUT2D eigenvalue weighted by atomic mass is 19.4. The molecule has 180 valence electrons. The SMILES string of the molecule is CC[C@H](C)Oc1ccc(C(=O)N2CCC3(CC2)NCCn2c(C(F)(F)F)ccc23)cc1OC. The van der Waals surface area contributed by atoms with Crippen LogP contribution in [0, 0.1) is 0 Å². The molecule has 0 radical (unpaired) electrons. The molecule has 4 rings (SSSR count). The lowest BCUT2D eigenvalue weighted by molar-refractivity contribution is -0.144. The second-order valence-electron chi connectivity index (χ2n) is 8.76. The number of fused-ring (bicyclic) bond motifs is 2. The number of nitrogens with zero attached hydrogens (tertiary/aromatic N) is 2. The first-order valence-corrected chi connectivity index (χ1v) is 11.3. The van der Waals surface area contributed by atoms with Crippen molar-refractivity contribution in [3.05, 3.63) is 47.3 Å². The number of rotatable bonds is 5. The van der Waals surface area contributed by atoms with E-state index in [9.17, 15) is 18.0 Å². The third kappa shape index (κ3) is 4.43. The predicted molar refractivity (Wildman–Crippen MR) is 118 cm³/mol. The van der Waals surface area contributed by atoms with Crippen LogP contribution in [-0.2, 0) is 18.3 Å². The van der Waals surface area contributed by atoms with Crippen molar-refractivity contribution < 1.29 is 27.4 Å². The Balaban J connectivity index is 1.49. The fourth-order valence-electron chi connectivity index (χ4n) is 4.78. The van der Waals surface area contributed by atoms with E-state index in [0.717, 1.165) is 12.5 Å². The second kappa shape index (κ2) is 8.93. The Morgan fingerprint density at radius 1 is 1.15 bits per heavy atom. The van der Waals surface area contributed by atoms with Gasteiger partial charge in [-0.3, -0.25) is 4.79 Å². The topological polar surface area (TPSA) is 55.7 Å². The average molecular weight is 466 g/mol. The lowest BCUT2D eigenvalue weighted by atomic mass is 9.83. The molecule has 1 aromatic carbocycles. The van der Waals surface area contributed by atoms with Gasteiger partial charge in [0.05, 0.1) is 18.8 Å². The van der Waals surface area contributed by atoms with Crippen LogP contribution < -0.4 is 14.8 Å². The van der Waals surface area contributed by atoms with Gasteiger partial charge in [-0.2, -0.15) is 13.2 Å². The molecular formula is C24H30F3N3O3. The summed E-state index contributed by atoms with van der Waals surface area (Å²) in [6.07, 6.45) is -2.41. The zero-order valence-electron chi connectivity index (χ0n) is 19.2. The molecular weight excluding hydrogens is 435 g/mol. The van der Waals surface area contributed by atoms with E-state index in [1.165, 1.54) is 11.7 Å². The van der Waals surface area contributed by atoms with E-state index in [1.54, 1.807) is 29.2 Å². The number of likely N-dealkylation sites (tertiary alicyclic amines) is 1. The first kappa shape index (κ1) is 23.5. The zero-order chi connectivity index (χ0) is 23.8. The van der Waals surface area contributed by atoms with Crippen LogP contribution in [-0.4, -0.2) is 48.2 Å². The maximum Gasteiger partial charge on any atom is 0.431 e. The number of methoxy groups -OCH3 is 1. The normalized spacial score (nSPS) is 18.7. The minimum Gasteiger partial charge on any atom is -0.493 e. The number of ether oxygens (including phenoxy) is 2. The van der Waals surface area contributed by atoms with Crippen molar-refractivity contribution in [1.29, 1.82) is 0 Å². The molecule has 0 bridgehead atoms. The third-order valence-electron chi connectivity index (χ3n) is 6.78. The highest BCUT2D eigenvalue weighted by Gasteiger charge is 2.44. The van der Waals surface area contributed by atoms with Crippen LogP contribution in [0.15, 0.2) is 30.3 Å². The second-order valence-corrected chi connectivity index (χ2v) is 8.76. The molecule has 1 aromatic heterocycles. The molecule has 2 aliphatic rings. The van der Waals surface area contributed by atoms with Crippen LogP contribution in [0.1, 0.15) is 54.9 Å². The van der Waals surface area contributed by atoms with Crippen molar-refractivity contribution in [2.75, 3.05) is 26.7 Å². The molecule has 1 amide bonds. The van der Waals surface area contributed by atoms with Gasteiger partial charge < -0.3 is 24.3 Å². The molecule has 3 heterocycles. The Labute approximate surface area is 191 Å². The van der Waals surface area contributed by atoms with E-state index in [1.807, 2.05) is 13.8 Å². The highest BCUT2D eigenvalue weighted by molar-refractivity contribution is 5.95. The molecule has 1 atom stereocenters. The van der Waals surface area contributed by atoms with Gasteiger partial charge in [0.25, 0.3) is 5.91 Å². The molecule has 0 saturated carbocycles. The van der Waals surface area contributed by atoms with Crippen molar-refractivity contribution in [3.8, 4) is 11.5 Å². The fourth-order valence-corrected chi connectivity index (χ4v) is 4.78. The number of halogens is 3. The van der Waals surface area contributed by atoms with E-state index in [-0.39, 0.29) is 18.6 Å². The Bertz CT molecular complexity index is 1010. The van der Waals surface area contributed by atoms with Crippen LogP contribution in [0.4, 0.5) is 13.2 Å². The molecule has 9 heteroatoms. The minimum atomic E-state index is -4.38. The van der Waals surface area contributed by atoms with Crippen LogP contribution in [0.2, 0.25) is 0 Å². The number of hydrogen-bond acceptors (Lipinski definition) is 4. The molecule has 2 aliphatic heterocycles. The third-order valence-corrected chi connectivity index (χ3v) is 6.78. The summed E-state index contributed by atoms with van der Waals surface area (Å²) in [7, 11) is 1.54. The first-order valence-electron chi connectivity index (χ1n) is 11.3. The van der Waals surface area contributed by atoms with Crippen molar-refractivity contribution in [2.24, 2.45) is 0 Å². The van der Waals surface area contributed by atoms with Gasteiger partial charge in [-0.05, 0) is 56.5 Å². The Morgan fingerprint density at radius 3 is 2.52 bits per heavy atom. The molecule has 2 aromatic rings. The predicted octanol–water partition coefficient (Wildman–Crippen LogP) is 4.43. The summed E-state index contributed by atoms with van der Waals surface area (Å²) in [4.78, 5) is 14.9. The number of nitrogens with one attached hydrogen (secondary N) is 1. The van der Waals surface area contributed by atoms with Gasteiger partial charge in [-0.1, -0.05) is 6.92 Å². The molecule has 0 aliphatic carbocycles. The van der Waals surface area contributed by atoms with Gasteiger partial charge in [0.15, 0.2) is 11.5 Å². The van der Waals surface area contributed by atoms with Gasteiger partial charge in [-0.25, -0.2) is 0 Å². The number of amides is 1. The smallest absolute Gasteiger partial charge is 0.431 e. The summed E-state index contributed by atoms with van der Waals surface area (Å²) < 4.78 is 52.8. The zero-order valence-corrected chi connectivity index (χ0v) is 19.2. The van der Waals surface area contributed by atoms with Gasteiger partial charge in [0.2, 0.25) is 0 Å². The summed E-state index contributed by atoms with van der Waals surface area (Å²) >= 11 is 0. The van der Waals surface area contributed by atoms with Crippen LogP contribution >= 0.6 is 0 Å². The van der Waals surface area contributed by atoms with E-state index < -0.39 is 17.4 Å². The maximum absolute atomic E-state index is 13.4. The summed E-state index contributed by atoms with van der Waals surface area (Å²) in [6.45, 7) is 5.65. The Hall–Kier alpha value is -2.68. The summed E-state index contributed by atoms with van der Waals surface area (Å²) in [6, 6.07) is 7.90. The van der Waals surface area contributed by atoms with Crippen LogP contribution in [0.25, 0.3) is 0 Å². The minimum absolute atomic E-state index is 0.0264. The van der Waals surface area contributed by atoms with Crippen molar-refractivity contribution in [2.45, 2.75) is 57.5 Å². The number of piperidine rings is 1.